The Morgan fingerprint density at radius 2 is 2.00 bits per heavy atom. The maximum Gasteiger partial charge on any atom is 0.322 e. The van der Waals surface area contributed by atoms with Crippen molar-refractivity contribution in [3.8, 4) is 5.75 Å². The number of methoxy groups -OCH3 is 1. The van der Waals surface area contributed by atoms with Gasteiger partial charge in [-0.25, -0.2) is 0 Å². The van der Waals surface area contributed by atoms with E-state index in [1.54, 1.807) is 18.9 Å². The van der Waals surface area contributed by atoms with Gasteiger partial charge in [0.25, 0.3) is 0 Å². The summed E-state index contributed by atoms with van der Waals surface area (Å²) < 4.78 is 10.7. The van der Waals surface area contributed by atoms with E-state index in [9.17, 15) is 4.79 Å². The minimum atomic E-state index is -0.201. The fourth-order valence-electron chi connectivity index (χ4n) is 2.58. The second-order valence-electron chi connectivity index (χ2n) is 5.94. The molecule has 6 nitrogen and oxygen atoms in total. The summed E-state index contributed by atoms with van der Waals surface area (Å²) in [6.07, 6.45) is 0.868. The number of hydrogen-bond donors (Lipinski definition) is 1. The van der Waals surface area contributed by atoms with Crippen LogP contribution in [0.15, 0.2) is 57.8 Å². The van der Waals surface area contributed by atoms with Gasteiger partial charge >= 0.3 is 6.01 Å². The van der Waals surface area contributed by atoms with Crippen LogP contribution in [0.1, 0.15) is 17.0 Å². The molecule has 7 heteroatoms. The summed E-state index contributed by atoms with van der Waals surface area (Å²) in [4.78, 5) is 13.4. The number of hydrogen-bond acceptors (Lipinski definition) is 6. The van der Waals surface area contributed by atoms with Gasteiger partial charge in [0.2, 0.25) is 11.8 Å². The smallest absolute Gasteiger partial charge is 0.322 e. The highest BCUT2D eigenvalue weighted by Gasteiger charge is 2.11. The number of thioether (sulfide) groups is 1. The summed E-state index contributed by atoms with van der Waals surface area (Å²) in [6, 6.07) is 15.9. The van der Waals surface area contributed by atoms with Crippen molar-refractivity contribution in [1.29, 1.82) is 0 Å². The van der Waals surface area contributed by atoms with E-state index in [2.05, 4.69) is 27.6 Å². The van der Waals surface area contributed by atoms with E-state index >= 15 is 0 Å². The molecule has 0 bridgehead atoms. The standard InChI is InChI=1S/C20H21N3O3S/c1-14-12-15(8-9-17(14)25-2)13-18(24)21-20-23-22-19(26-20)10-11-27-16-6-4-3-5-7-16/h3-9,12H,10-11,13H2,1-2H3,(H,21,23,24). The molecule has 0 atom stereocenters. The van der Waals surface area contributed by atoms with Crippen LogP contribution in [-0.4, -0.2) is 29.0 Å². The van der Waals surface area contributed by atoms with Crippen LogP contribution in [0, 0.1) is 6.92 Å². The summed E-state index contributed by atoms with van der Waals surface area (Å²) in [5.74, 6) is 1.93. The van der Waals surface area contributed by atoms with Gasteiger partial charge < -0.3 is 9.15 Å². The molecule has 0 unspecified atom stereocenters. The van der Waals surface area contributed by atoms with E-state index in [0.717, 1.165) is 22.6 Å². The third-order valence-corrected chi connectivity index (χ3v) is 4.88. The number of nitrogens with zero attached hydrogens (tertiary/aromatic N) is 2. The number of amides is 1. The molecule has 1 aromatic heterocycles. The number of rotatable bonds is 8. The number of anilines is 1. The average molecular weight is 383 g/mol. The normalized spacial score (nSPS) is 10.6. The molecule has 0 aliphatic carbocycles. The summed E-state index contributed by atoms with van der Waals surface area (Å²) in [5, 5.41) is 10.5. The van der Waals surface area contributed by atoms with Crippen LogP contribution in [0.25, 0.3) is 0 Å². The second kappa shape index (κ2) is 9.23. The van der Waals surface area contributed by atoms with E-state index in [1.165, 1.54) is 4.90 Å². The molecule has 0 spiro atoms. The summed E-state index contributed by atoms with van der Waals surface area (Å²) in [6.45, 7) is 1.94. The van der Waals surface area contributed by atoms with Gasteiger partial charge in [0.1, 0.15) is 5.75 Å². The Bertz CT molecular complexity index is 896. The first-order valence-electron chi connectivity index (χ1n) is 8.57. The van der Waals surface area contributed by atoms with E-state index < -0.39 is 0 Å². The summed E-state index contributed by atoms with van der Waals surface area (Å²) in [7, 11) is 1.63. The molecule has 1 N–H and O–H groups in total. The Labute approximate surface area is 162 Å². The SMILES string of the molecule is COc1ccc(CC(=O)Nc2nnc(CCSc3ccccc3)o2)cc1C. The molecule has 27 heavy (non-hydrogen) atoms. The molecule has 140 valence electrons. The van der Waals surface area contributed by atoms with Gasteiger partial charge in [0.05, 0.1) is 13.5 Å². The molecule has 1 amide bonds. The monoisotopic (exact) mass is 383 g/mol. The number of carbonyl (C=O) groups excluding carboxylic acids is 1. The van der Waals surface area contributed by atoms with E-state index in [-0.39, 0.29) is 18.3 Å². The largest absolute Gasteiger partial charge is 0.496 e. The minimum absolute atomic E-state index is 0.130. The molecule has 2 aromatic carbocycles. The Morgan fingerprint density at radius 3 is 2.74 bits per heavy atom. The minimum Gasteiger partial charge on any atom is -0.496 e. The predicted molar refractivity (Wildman–Crippen MR) is 105 cm³/mol. The first-order valence-corrected chi connectivity index (χ1v) is 9.56. The third kappa shape index (κ3) is 5.59. The Morgan fingerprint density at radius 1 is 1.19 bits per heavy atom. The molecule has 3 aromatic rings. The fourth-order valence-corrected chi connectivity index (χ4v) is 3.44. The van der Waals surface area contributed by atoms with Crippen LogP contribution in [0.4, 0.5) is 6.01 Å². The maximum absolute atomic E-state index is 12.2. The highest BCUT2D eigenvalue weighted by molar-refractivity contribution is 7.99. The molecule has 0 fully saturated rings. The first-order chi connectivity index (χ1) is 13.1. The van der Waals surface area contributed by atoms with Gasteiger partial charge in [0, 0.05) is 17.1 Å². The van der Waals surface area contributed by atoms with Crippen molar-refractivity contribution in [2.24, 2.45) is 0 Å². The van der Waals surface area contributed by atoms with Gasteiger partial charge in [-0.2, -0.15) is 0 Å². The van der Waals surface area contributed by atoms with Gasteiger partial charge in [-0.05, 0) is 36.2 Å². The second-order valence-corrected chi connectivity index (χ2v) is 7.11. The van der Waals surface area contributed by atoms with Crippen LogP contribution >= 0.6 is 11.8 Å². The number of nitrogens with one attached hydrogen (secondary N) is 1. The van der Waals surface area contributed by atoms with Crippen molar-refractivity contribution in [2.75, 3.05) is 18.2 Å². The van der Waals surface area contributed by atoms with E-state index in [0.29, 0.717) is 12.3 Å². The molecule has 1 heterocycles. The average Bonchev–Trinajstić information content (AvgIpc) is 3.10. The van der Waals surface area contributed by atoms with Crippen LogP contribution < -0.4 is 10.1 Å². The number of aromatic nitrogens is 2. The van der Waals surface area contributed by atoms with Crippen molar-refractivity contribution >= 4 is 23.7 Å². The van der Waals surface area contributed by atoms with Crippen LogP contribution in [0.2, 0.25) is 0 Å². The molecule has 0 radical (unpaired) electrons. The molecule has 0 aliphatic heterocycles. The number of aryl methyl sites for hydroxylation is 2. The molecule has 0 saturated carbocycles. The fraction of sp³-hybridized carbons (Fsp3) is 0.250. The third-order valence-electron chi connectivity index (χ3n) is 3.86. The van der Waals surface area contributed by atoms with Gasteiger partial charge in [-0.3, -0.25) is 10.1 Å². The molecular weight excluding hydrogens is 362 g/mol. The quantitative estimate of drug-likeness (QED) is 0.595. The lowest BCUT2D eigenvalue weighted by Gasteiger charge is -2.07. The molecule has 0 saturated heterocycles. The van der Waals surface area contributed by atoms with Crippen LogP contribution in [0.5, 0.6) is 5.75 Å². The van der Waals surface area contributed by atoms with Crippen LogP contribution in [0.3, 0.4) is 0 Å². The van der Waals surface area contributed by atoms with Crippen molar-refractivity contribution < 1.29 is 13.9 Å². The highest BCUT2D eigenvalue weighted by Crippen LogP contribution is 2.20. The zero-order valence-electron chi connectivity index (χ0n) is 15.3. The van der Waals surface area contributed by atoms with Gasteiger partial charge in [0.15, 0.2) is 0 Å². The molecule has 0 aliphatic rings. The number of carbonyl (C=O) groups is 1. The number of benzene rings is 2. The predicted octanol–water partition coefficient (Wildman–Crippen LogP) is 3.90. The number of ether oxygens (including phenoxy) is 1. The zero-order valence-corrected chi connectivity index (χ0v) is 16.1. The molecule has 3 rings (SSSR count). The van der Waals surface area contributed by atoms with Crippen molar-refractivity contribution in [1.82, 2.24) is 10.2 Å². The lowest BCUT2D eigenvalue weighted by molar-refractivity contribution is -0.115. The zero-order chi connectivity index (χ0) is 19.1. The van der Waals surface area contributed by atoms with Gasteiger partial charge in [-0.1, -0.05) is 35.4 Å². The Hall–Kier alpha value is -2.80. The Kier molecular flexibility index (Phi) is 6.49. The Balaban J connectivity index is 1.48. The van der Waals surface area contributed by atoms with Crippen molar-refractivity contribution in [3.05, 3.63) is 65.5 Å². The summed E-state index contributed by atoms with van der Waals surface area (Å²) in [5.41, 5.74) is 1.88. The summed E-state index contributed by atoms with van der Waals surface area (Å²) >= 11 is 1.72. The van der Waals surface area contributed by atoms with Crippen LogP contribution in [-0.2, 0) is 17.6 Å². The van der Waals surface area contributed by atoms with Crippen molar-refractivity contribution in [3.63, 3.8) is 0 Å². The van der Waals surface area contributed by atoms with Gasteiger partial charge in [-0.15, -0.1) is 16.9 Å². The topological polar surface area (TPSA) is 77.2 Å². The first kappa shape index (κ1) is 19.0. The lowest BCUT2D eigenvalue weighted by atomic mass is 10.1. The van der Waals surface area contributed by atoms with E-state index in [4.69, 9.17) is 9.15 Å². The van der Waals surface area contributed by atoms with E-state index in [1.807, 2.05) is 43.3 Å². The maximum atomic E-state index is 12.2. The molecular formula is C20H21N3O3S. The van der Waals surface area contributed by atoms with Crippen molar-refractivity contribution in [2.45, 2.75) is 24.7 Å². The highest BCUT2D eigenvalue weighted by atomic mass is 32.2. The lowest BCUT2D eigenvalue weighted by Crippen LogP contribution is -2.14.